The molecule has 7 aromatic carbocycles. The minimum Gasteiger partial charge on any atom is -0.456 e. The van der Waals surface area contributed by atoms with Crippen LogP contribution in [0.3, 0.4) is 0 Å². The molecule has 0 amide bonds. The van der Waals surface area contributed by atoms with Crippen molar-refractivity contribution in [2.24, 2.45) is 11.7 Å². The van der Waals surface area contributed by atoms with E-state index >= 15 is 0 Å². The van der Waals surface area contributed by atoms with Gasteiger partial charge in [-0.05, 0) is 76.6 Å². The third-order valence-electron chi connectivity index (χ3n) is 11.5. The lowest BCUT2D eigenvalue weighted by Gasteiger charge is -2.27. The van der Waals surface area contributed by atoms with Crippen LogP contribution in [0.2, 0.25) is 0 Å². The minimum atomic E-state index is -0.362. The molecule has 3 atom stereocenters. The Bertz CT molecular complexity index is 3190. The van der Waals surface area contributed by atoms with Crippen LogP contribution in [0.15, 0.2) is 179 Å². The highest BCUT2D eigenvalue weighted by molar-refractivity contribution is 7.26. The van der Waals surface area contributed by atoms with Crippen molar-refractivity contribution >= 4 is 75.4 Å². The molecule has 3 aromatic heterocycles. The summed E-state index contributed by atoms with van der Waals surface area (Å²) in [4.78, 5) is 0. The predicted molar refractivity (Wildman–Crippen MR) is 238 cm³/mol. The van der Waals surface area contributed by atoms with Crippen molar-refractivity contribution in [3.8, 4) is 22.3 Å². The van der Waals surface area contributed by atoms with Gasteiger partial charge in [0.2, 0.25) is 0 Å². The maximum Gasteiger partial charge on any atom is 0.143 e. The van der Waals surface area contributed by atoms with Gasteiger partial charge in [0.15, 0.2) is 0 Å². The van der Waals surface area contributed by atoms with Crippen LogP contribution in [0.5, 0.6) is 0 Å². The highest BCUT2D eigenvalue weighted by Gasteiger charge is 2.21. The van der Waals surface area contributed by atoms with Crippen molar-refractivity contribution < 1.29 is 8.83 Å². The molecule has 0 saturated carbocycles. The van der Waals surface area contributed by atoms with Crippen LogP contribution in [0.4, 0.5) is 0 Å². The van der Waals surface area contributed by atoms with Gasteiger partial charge in [-0.3, -0.25) is 10.6 Å². The second kappa shape index (κ2) is 14.0. The second-order valence-electron chi connectivity index (χ2n) is 15.0. The van der Waals surface area contributed by atoms with Crippen LogP contribution in [0, 0.1) is 5.92 Å². The monoisotopic (exact) mass is 757 g/mol. The average molecular weight is 758 g/mol. The van der Waals surface area contributed by atoms with Crippen LogP contribution in [0.25, 0.3) is 86.3 Å². The number of thiophene rings is 1. The zero-order valence-electron chi connectivity index (χ0n) is 31.1. The molecule has 0 bridgehead atoms. The van der Waals surface area contributed by atoms with E-state index in [0.29, 0.717) is 5.92 Å². The lowest BCUT2D eigenvalue weighted by atomic mass is 9.96. The number of para-hydroxylation sites is 2. The largest absolute Gasteiger partial charge is 0.456 e. The fourth-order valence-corrected chi connectivity index (χ4v) is 9.88. The smallest absolute Gasteiger partial charge is 0.143 e. The summed E-state index contributed by atoms with van der Waals surface area (Å²) in [5.74, 6) is 0.456. The first-order chi connectivity index (χ1) is 28.2. The first kappa shape index (κ1) is 34.0. The lowest BCUT2D eigenvalue weighted by molar-refractivity contribution is 0.371. The molecule has 0 aliphatic heterocycles. The third-order valence-corrected chi connectivity index (χ3v) is 12.6. The van der Waals surface area contributed by atoms with Gasteiger partial charge >= 0.3 is 0 Å². The summed E-state index contributed by atoms with van der Waals surface area (Å²) in [7, 11) is 0. The van der Waals surface area contributed by atoms with E-state index in [0.717, 1.165) is 79.1 Å². The van der Waals surface area contributed by atoms with E-state index in [-0.39, 0.29) is 12.3 Å². The highest BCUT2D eigenvalue weighted by Crippen LogP contribution is 2.44. The van der Waals surface area contributed by atoms with Crippen molar-refractivity contribution in [1.29, 1.82) is 0 Å². The van der Waals surface area contributed by atoms with Gasteiger partial charge in [0, 0.05) is 53.8 Å². The van der Waals surface area contributed by atoms with Crippen LogP contribution in [-0.4, -0.2) is 6.54 Å². The molecule has 11 rings (SSSR count). The normalized spacial score (nSPS) is 15.5. The number of nitrogens with one attached hydrogen (secondary N) is 2. The topological polar surface area (TPSA) is 76.4 Å². The van der Waals surface area contributed by atoms with E-state index in [1.165, 1.54) is 31.3 Å². The van der Waals surface area contributed by atoms with E-state index in [1.54, 1.807) is 0 Å². The predicted octanol–water partition coefficient (Wildman–Crippen LogP) is 13.2. The molecule has 3 heterocycles. The highest BCUT2D eigenvalue weighted by atomic mass is 32.1. The molecular formula is C51H39N3O2S. The minimum absolute atomic E-state index is 0.0885. The van der Waals surface area contributed by atoms with Gasteiger partial charge in [0.25, 0.3) is 0 Å². The van der Waals surface area contributed by atoms with Gasteiger partial charge in [-0.25, -0.2) is 0 Å². The molecule has 0 fully saturated rings. The second-order valence-corrected chi connectivity index (χ2v) is 16.1. The number of rotatable bonds is 9. The standard InChI is InChI=1S/C51H39N3O2S/c52-50(54-51(32-14-5-2-6-15-32)53-30-31-12-3-1-4-13-31)34-24-26-40-46(29-34)57-45-23-11-17-35(48(40)45)33-25-27-43-41(28-33)38-20-9-19-37(49(38)56-43)36-18-10-22-44-47(36)39-16-7-8-21-42(39)55-44/h1-12,14-29,31,50-51,53-54H,13,30,52H2. The first-order valence-electron chi connectivity index (χ1n) is 19.6. The Labute approximate surface area is 333 Å². The number of furan rings is 2. The van der Waals surface area contributed by atoms with E-state index in [2.05, 4.69) is 162 Å². The Morgan fingerprint density at radius 3 is 2.30 bits per heavy atom. The molecule has 57 heavy (non-hydrogen) atoms. The molecule has 4 N–H and O–H groups in total. The lowest BCUT2D eigenvalue weighted by Crippen LogP contribution is -2.41. The fourth-order valence-electron chi connectivity index (χ4n) is 8.70. The van der Waals surface area contributed by atoms with Crippen LogP contribution in [-0.2, 0) is 0 Å². The molecule has 10 aromatic rings. The maximum atomic E-state index is 6.94. The number of benzene rings is 7. The van der Waals surface area contributed by atoms with Crippen molar-refractivity contribution in [2.45, 2.75) is 18.8 Å². The Morgan fingerprint density at radius 1 is 0.596 bits per heavy atom. The molecule has 3 unspecified atom stereocenters. The Balaban J connectivity index is 0.943. The first-order valence-corrected chi connectivity index (χ1v) is 20.4. The number of allylic oxidation sites excluding steroid dienone is 3. The van der Waals surface area contributed by atoms with Crippen LogP contribution >= 0.6 is 11.3 Å². The van der Waals surface area contributed by atoms with Gasteiger partial charge in [0.1, 0.15) is 22.3 Å². The average Bonchev–Trinajstić information content (AvgIpc) is 3.96. The Kier molecular flexibility index (Phi) is 8.37. The summed E-state index contributed by atoms with van der Waals surface area (Å²) < 4.78 is 15.4. The van der Waals surface area contributed by atoms with Crippen molar-refractivity contribution in [2.75, 3.05) is 6.54 Å². The molecule has 0 radical (unpaired) electrons. The molecule has 5 nitrogen and oxygen atoms in total. The molecule has 1 aliphatic rings. The number of hydrogen-bond donors (Lipinski definition) is 3. The van der Waals surface area contributed by atoms with E-state index < -0.39 is 0 Å². The van der Waals surface area contributed by atoms with Gasteiger partial charge in [-0.1, -0.05) is 133 Å². The van der Waals surface area contributed by atoms with E-state index in [4.69, 9.17) is 14.6 Å². The molecule has 1 aliphatic carbocycles. The maximum absolute atomic E-state index is 6.94. The summed E-state index contributed by atoms with van der Waals surface area (Å²) in [6.45, 7) is 0.860. The third kappa shape index (κ3) is 5.97. The van der Waals surface area contributed by atoms with Crippen LogP contribution in [0.1, 0.15) is 29.9 Å². The van der Waals surface area contributed by atoms with Crippen molar-refractivity contribution in [3.05, 3.63) is 181 Å². The molecule has 0 spiro atoms. The number of hydrogen-bond acceptors (Lipinski definition) is 6. The summed E-state index contributed by atoms with van der Waals surface area (Å²) in [6, 6.07) is 51.4. The molecule has 6 heteroatoms. The number of fused-ring (bicyclic) bond motifs is 9. The van der Waals surface area contributed by atoms with E-state index in [1.807, 2.05) is 29.5 Å². The molecular weight excluding hydrogens is 719 g/mol. The van der Waals surface area contributed by atoms with E-state index in [9.17, 15) is 0 Å². The summed E-state index contributed by atoms with van der Waals surface area (Å²) >= 11 is 1.82. The van der Waals surface area contributed by atoms with Gasteiger partial charge in [-0.2, -0.15) is 0 Å². The zero-order chi connectivity index (χ0) is 37.9. The molecule has 276 valence electrons. The molecule has 0 saturated heterocycles. The van der Waals surface area contributed by atoms with Crippen molar-refractivity contribution in [3.63, 3.8) is 0 Å². The van der Waals surface area contributed by atoms with Gasteiger partial charge in [0.05, 0.1) is 12.3 Å². The SMILES string of the molecule is NC(NC(NCC1C=CC=CC1)c1ccccc1)c1ccc2c(c1)sc1cccc(-c3ccc4oc5c(-c6cccc7oc8ccccc8c67)cccc5c4c3)c12. The Morgan fingerprint density at radius 2 is 1.39 bits per heavy atom. The van der Waals surface area contributed by atoms with Crippen LogP contribution < -0.4 is 16.4 Å². The summed E-state index contributed by atoms with van der Waals surface area (Å²) in [5.41, 5.74) is 17.2. The van der Waals surface area contributed by atoms with Crippen molar-refractivity contribution in [1.82, 2.24) is 10.6 Å². The summed E-state index contributed by atoms with van der Waals surface area (Å²) in [5, 5.41) is 14.3. The zero-order valence-corrected chi connectivity index (χ0v) is 31.9. The number of nitrogens with two attached hydrogens (primary N) is 1. The summed E-state index contributed by atoms with van der Waals surface area (Å²) in [6.07, 6.45) is 9.35. The Hall–Kier alpha value is -6.28. The van der Waals surface area contributed by atoms with Gasteiger partial charge < -0.3 is 14.6 Å². The fraction of sp³-hybridized carbons (Fsp3) is 0.0980. The van der Waals surface area contributed by atoms with Gasteiger partial charge in [-0.15, -0.1) is 11.3 Å². The quantitative estimate of drug-likeness (QED) is 0.128.